The Bertz CT molecular complexity index is 392. The lowest BCUT2D eigenvalue weighted by atomic mass is 9.78. The van der Waals surface area contributed by atoms with Gasteiger partial charge in [0.05, 0.1) is 5.69 Å². The monoisotopic (exact) mass is 207 g/mol. The van der Waals surface area contributed by atoms with Crippen LogP contribution in [0.2, 0.25) is 0 Å². The maximum Gasteiger partial charge on any atom is 0.0634 e. The van der Waals surface area contributed by atoms with Crippen molar-refractivity contribution in [2.24, 2.45) is 12.8 Å². The zero-order valence-electron chi connectivity index (χ0n) is 10.4. The highest BCUT2D eigenvalue weighted by Gasteiger charge is 2.55. The third kappa shape index (κ3) is 1.33. The molecule has 0 aromatic carbocycles. The molecule has 0 amide bonds. The van der Waals surface area contributed by atoms with Crippen LogP contribution in [0, 0.1) is 13.8 Å². The van der Waals surface area contributed by atoms with Crippen LogP contribution in [0.4, 0.5) is 0 Å². The van der Waals surface area contributed by atoms with Gasteiger partial charge in [-0.25, -0.2) is 0 Å². The van der Waals surface area contributed by atoms with Gasteiger partial charge in [0.25, 0.3) is 0 Å². The molecule has 1 saturated carbocycles. The first kappa shape index (κ1) is 10.7. The fourth-order valence-electron chi connectivity index (χ4n) is 2.81. The van der Waals surface area contributed by atoms with Crippen LogP contribution in [0.25, 0.3) is 0 Å². The molecule has 0 atom stereocenters. The molecule has 3 nitrogen and oxygen atoms in total. The van der Waals surface area contributed by atoms with E-state index in [0.717, 1.165) is 5.69 Å². The number of nitrogens with zero attached hydrogens (tertiary/aromatic N) is 2. The van der Waals surface area contributed by atoms with Gasteiger partial charge in [0.2, 0.25) is 0 Å². The second-order valence-corrected chi connectivity index (χ2v) is 5.47. The minimum atomic E-state index is -0.147. The summed E-state index contributed by atoms with van der Waals surface area (Å²) in [5.74, 6) is 0. The van der Waals surface area contributed by atoms with Gasteiger partial charge in [0.15, 0.2) is 0 Å². The zero-order valence-corrected chi connectivity index (χ0v) is 10.4. The van der Waals surface area contributed by atoms with Crippen molar-refractivity contribution >= 4 is 0 Å². The summed E-state index contributed by atoms with van der Waals surface area (Å²) < 4.78 is 1.97. The molecule has 0 aliphatic heterocycles. The minimum Gasteiger partial charge on any atom is -0.325 e. The van der Waals surface area contributed by atoms with Crippen molar-refractivity contribution in [3.05, 3.63) is 17.0 Å². The summed E-state index contributed by atoms with van der Waals surface area (Å²) in [7, 11) is 2.01. The fraction of sp³-hybridized carbons (Fsp3) is 0.750. The summed E-state index contributed by atoms with van der Waals surface area (Å²) in [6.45, 7) is 8.49. The Morgan fingerprint density at radius 2 is 1.87 bits per heavy atom. The third-order valence-electron chi connectivity index (χ3n) is 3.97. The second kappa shape index (κ2) is 2.85. The van der Waals surface area contributed by atoms with E-state index in [1.165, 1.54) is 24.1 Å². The molecule has 1 heterocycles. The summed E-state index contributed by atoms with van der Waals surface area (Å²) in [5, 5.41) is 4.49. The van der Waals surface area contributed by atoms with Crippen LogP contribution in [0.1, 0.15) is 43.6 Å². The van der Waals surface area contributed by atoms with Crippen LogP contribution in [-0.2, 0) is 12.5 Å². The lowest BCUT2D eigenvalue weighted by Gasteiger charge is -2.31. The van der Waals surface area contributed by atoms with Crippen molar-refractivity contribution in [3.8, 4) is 0 Å². The van der Waals surface area contributed by atoms with Gasteiger partial charge in [0.1, 0.15) is 0 Å². The van der Waals surface area contributed by atoms with E-state index in [-0.39, 0.29) is 11.0 Å². The molecule has 0 radical (unpaired) electrons. The fourth-order valence-corrected chi connectivity index (χ4v) is 2.81. The van der Waals surface area contributed by atoms with E-state index < -0.39 is 0 Å². The Labute approximate surface area is 91.7 Å². The van der Waals surface area contributed by atoms with Crippen molar-refractivity contribution in [1.82, 2.24) is 9.78 Å². The highest BCUT2D eigenvalue weighted by atomic mass is 15.3. The molecule has 0 saturated heterocycles. The minimum absolute atomic E-state index is 0.147. The van der Waals surface area contributed by atoms with E-state index in [9.17, 15) is 0 Å². The Hall–Kier alpha value is -0.830. The number of hydrogen-bond acceptors (Lipinski definition) is 2. The van der Waals surface area contributed by atoms with Crippen LogP contribution >= 0.6 is 0 Å². The van der Waals surface area contributed by atoms with E-state index in [1.54, 1.807) is 0 Å². The van der Waals surface area contributed by atoms with Gasteiger partial charge in [-0.15, -0.1) is 0 Å². The molecule has 1 fully saturated rings. The van der Waals surface area contributed by atoms with E-state index in [2.05, 4.69) is 32.8 Å². The molecular weight excluding hydrogens is 186 g/mol. The van der Waals surface area contributed by atoms with Crippen LogP contribution in [0.5, 0.6) is 0 Å². The molecule has 84 valence electrons. The van der Waals surface area contributed by atoms with Crippen molar-refractivity contribution in [3.63, 3.8) is 0 Å². The van der Waals surface area contributed by atoms with Gasteiger partial charge in [-0.05, 0) is 40.5 Å². The molecular formula is C12H21N3. The van der Waals surface area contributed by atoms with Gasteiger partial charge in [-0.1, -0.05) is 0 Å². The SMILES string of the molecule is Cc1nn(C)c(C)c1C1(C(C)(C)N)CC1. The largest absolute Gasteiger partial charge is 0.325 e. The molecule has 0 spiro atoms. The quantitative estimate of drug-likeness (QED) is 0.803. The van der Waals surface area contributed by atoms with Gasteiger partial charge in [-0.3, -0.25) is 4.68 Å². The molecule has 2 N–H and O–H groups in total. The van der Waals surface area contributed by atoms with E-state index >= 15 is 0 Å². The summed E-state index contributed by atoms with van der Waals surface area (Å²) in [4.78, 5) is 0. The lowest BCUT2D eigenvalue weighted by Crippen LogP contribution is -2.45. The second-order valence-electron chi connectivity index (χ2n) is 5.47. The van der Waals surface area contributed by atoms with Crippen molar-refractivity contribution in [2.75, 3.05) is 0 Å². The van der Waals surface area contributed by atoms with Crippen LogP contribution in [0.15, 0.2) is 0 Å². The summed E-state index contributed by atoms with van der Waals surface area (Å²) in [5.41, 5.74) is 10.1. The number of hydrogen-bond donors (Lipinski definition) is 1. The van der Waals surface area contributed by atoms with Crippen LogP contribution < -0.4 is 5.73 Å². The van der Waals surface area contributed by atoms with E-state index in [1.807, 2.05) is 11.7 Å². The molecule has 3 heteroatoms. The Balaban J connectivity index is 2.55. The molecule has 0 bridgehead atoms. The van der Waals surface area contributed by atoms with Gasteiger partial charge in [-0.2, -0.15) is 5.10 Å². The van der Waals surface area contributed by atoms with Crippen molar-refractivity contribution in [1.29, 1.82) is 0 Å². The standard InChI is InChI=1S/C12H21N3/c1-8-10(9(2)15(5)14-8)12(6-7-12)11(3,4)13/h6-7,13H2,1-5H3. The first-order valence-electron chi connectivity index (χ1n) is 5.59. The first-order chi connectivity index (χ1) is 6.79. The lowest BCUT2D eigenvalue weighted by molar-refractivity contribution is 0.388. The average molecular weight is 207 g/mol. The molecule has 1 aromatic heterocycles. The summed E-state index contributed by atoms with van der Waals surface area (Å²) in [6, 6.07) is 0. The van der Waals surface area contributed by atoms with Gasteiger partial charge in [0, 0.05) is 29.3 Å². The molecule has 1 aliphatic carbocycles. The van der Waals surface area contributed by atoms with Gasteiger partial charge >= 0.3 is 0 Å². The number of rotatable bonds is 2. The predicted octanol–water partition coefficient (Wildman–Crippen LogP) is 1.81. The normalized spacial score (nSPS) is 19.3. The average Bonchev–Trinajstić information content (AvgIpc) is 2.79. The van der Waals surface area contributed by atoms with E-state index in [0.29, 0.717) is 0 Å². The molecule has 15 heavy (non-hydrogen) atoms. The molecule has 1 aliphatic rings. The number of aryl methyl sites for hydroxylation is 2. The zero-order chi connectivity index (χ0) is 11.4. The highest BCUT2D eigenvalue weighted by molar-refractivity contribution is 5.42. The highest BCUT2D eigenvalue weighted by Crippen LogP contribution is 2.56. The first-order valence-corrected chi connectivity index (χ1v) is 5.59. The van der Waals surface area contributed by atoms with Crippen molar-refractivity contribution < 1.29 is 0 Å². The summed E-state index contributed by atoms with van der Waals surface area (Å²) in [6.07, 6.45) is 2.40. The predicted molar refractivity (Wildman–Crippen MR) is 61.9 cm³/mol. The van der Waals surface area contributed by atoms with Crippen LogP contribution in [0.3, 0.4) is 0 Å². The Morgan fingerprint density at radius 1 is 1.33 bits per heavy atom. The molecule has 0 unspecified atom stereocenters. The molecule has 1 aromatic rings. The maximum atomic E-state index is 6.32. The van der Waals surface area contributed by atoms with E-state index in [4.69, 9.17) is 5.73 Å². The smallest absolute Gasteiger partial charge is 0.0634 e. The number of nitrogens with two attached hydrogens (primary N) is 1. The maximum absolute atomic E-state index is 6.32. The van der Waals surface area contributed by atoms with Gasteiger partial charge < -0.3 is 5.73 Å². The Kier molecular flexibility index (Phi) is 2.03. The van der Waals surface area contributed by atoms with Crippen LogP contribution in [-0.4, -0.2) is 15.3 Å². The molecule has 2 rings (SSSR count). The Morgan fingerprint density at radius 3 is 2.13 bits per heavy atom. The third-order valence-corrected chi connectivity index (χ3v) is 3.97. The number of aromatic nitrogens is 2. The topological polar surface area (TPSA) is 43.8 Å². The summed E-state index contributed by atoms with van der Waals surface area (Å²) >= 11 is 0. The van der Waals surface area contributed by atoms with Crippen molar-refractivity contribution in [2.45, 2.75) is 51.5 Å².